The number of thiophene rings is 1. The van der Waals surface area contributed by atoms with Crippen LogP contribution in [0.4, 0.5) is 0 Å². The summed E-state index contributed by atoms with van der Waals surface area (Å²) in [6.45, 7) is 2.09. The van der Waals surface area contributed by atoms with E-state index in [1.807, 2.05) is 6.92 Å². The predicted molar refractivity (Wildman–Crippen MR) is 75.8 cm³/mol. The molecule has 0 fully saturated rings. The van der Waals surface area contributed by atoms with Gasteiger partial charge >= 0.3 is 11.1 Å². The van der Waals surface area contributed by atoms with E-state index in [1.54, 1.807) is 12.3 Å². The van der Waals surface area contributed by atoms with Crippen LogP contribution in [0.2, 0.25) is 0 Å². The first kappa shape index (κ1) is 14.2. The molecule has 0 spiro atoms. The van der Waals surface area contributed by atoms with Crippen LogP contribution in [-0.4, -0.2) is 15.0 Å². The molecule has 1 amide bonds. The van der Waals surface area contributed by atoms with Gasteiger partial charge in [0.25, 0.3) is 5.91 Å². The Morgan fingerprint density at radius 1 is 1.35 bits per heavy atom. The molecule has 2 rings (SSSR count). The number of aromatic nitrogens is 2. The van der Waals surface area contributed by atoms with Gasteiger partial charge in [0.1, 0.15) is 0 Å². The van der Waals surface area contributed by atoms with Gasteiger partial charge in [0.05, 0.1) is 11.4 Å². The van der Waals surface area contributed by atoms with Crippen LogP contribution in [0.15, 0.2) is 28.0 Å². The van der Waals surface area contributed by atoms with Gasteiger partial charge in [0.15, 0.2) is 0 Å². The summed E-state index contributed by atoms with van der Waals surface area (Å²) in [6, 6.07) is 1.67. The summed E-state index contributed by atoms with van der Waals surface area (Å²) in [4.78, 5) is 36.2. The van der Waals surface area contributed by atoms with Gasteiger partial charge in [-0.3, -0.25) is 19.8 Å². The fraction of sp³-hybridized carbons (Fsp3) is 0.250. The lowest BCUT2D eigenvalue weighted by molar-refractivity contribution is 0.0957. The molecule has 2 heterocycles. The highest BCUT2D eigenvalue weighted by Crippen LogP contribution is 2.21. The molecule has 2 aromatic rings. The summed E-state index contributed by atoms with van der Waals surface area (Å²) in [7, 11) is 1.52. The van der Waals surface area contributed by atoms with Crippen LogP contribution in [0.3, 0.4) is 0 Å². The minimum atomic E-state index is -0.592. The summed E-state index contributed by atoms with van der Waals surface area (Å²) in [6.07, 6.45) is 3.07. The molecule has 0 saturated heterocycles. The maximum absolute atomic E-state index is 11.8. The van der Waals surface area contributed by atoms with Crippen molar-refractivity contribution in [3.05, 3.63) is 54.5 Å². The van der Waals surface area contributed by atoms with Crippen LogP contribution >= 0.6 is 11.3 Å². The Morgan fingerprint density at radius 3 is 2.70 bits per heavy atom. The van der Waals surface area contributed by atoms with Gasteiger partial charge in [0, 0.05) is 24.3 Å². The number of aryl methyl sites for hydroxylation is 2. The number of hydrogen-bond donors (Lipinski definition) is 2. The molecular weight excluding hydrogens is 280 g/mol. The molecule has 106 valence electrons. The van der Waals surface area contributed by atoms with E-state index in [0.717, 1.165) is 10.4 Å². The van der Waals surface area contributed by atoms with Crippen molar-refractivity contribution in [2.75, 3.05) is 0 Å². The van der Waals surface area contributed by atoms with Gasteiger partial charge in [-0.2, -0.15) is 0 Å². The first-order chi connectivity index (χ1) is 9.43. The number of nitrogens with one attached hydrogen (secondary N) is 1. The molecular formula is C12H14N4O3S. The van der Waals surface area contributed by atoms with Crippen molar-refractivity contribution < 1.29 is 4.79 Å². The molecule has 20 heavy (non-hydrogen) atoms. The van der Waals surface area contributed by atoms with E-state index >= 15 is 0 Å². The van der Waals surface area contributed by atoms with Crippen molar-refractivity contribution in [1.29, 1.82) is 0 Å². The monoisotopic (exact) mass is 294 g/mol. The van der Waals surface area contributed by atoms with E-state index < -0.39 is 11.1 Å². The quantitative estimate of drug-likeness (QED) is 0.347. The second-order valence-electron chi connectivity index (χ2n) is 4.31. The predicted octanol–water partition coefficient (Wildman–Crippen LogP) is -0.431. The average Bonchev–Trinajstić information content (AvgIpc) is 2.80. The number of nitrogen functional groups attached to an aromatic ring is 1. The summed E-state index contributed by atoms with van der Waals surface area (Å²) in [5, 5.41) is 0. The first-order valence-corrected chi connectivity index (χ1v) is 6.62. The molecule has 0 atom stereocenters. The summed E-state index contributed by atoms with van der Waals surface area (Å²) < 4.78 is 2.55. The lowest BCUT2D eigenvalue weighted by atomic mass is 10.2. The third-order valence-electron chi connectivity index (χ3n) is 2.95. The minimum Gasteiger partial charge on any atom is -0.312 e. The molecule has 3 N–H and O–H groups in total. The normalized spacial score (nSPS) is 10.6. The lowest BCUT2D eigenvalue weighted by Crippen LogP contribution is -2.39. The Hall–Kier alpha value is -2.19. The number of nitrogens with zero attached hydrogens (tertiary/aromatic N) is 2. The Balaban J connectivity index is 2.38. The van der Waals surface area contributed by atoms with E-state index in [2.05, 4.69) is 5.43 Å². The number of carbonyl (C=O) groups is 1. The molecule has 7 nitrogen and oxygen atoms in total. The maximum Gasteiger partial charge on any atom is 0.316 e. The number of hydrazine groups is 1. The zero-order chi connectivity index (χ0) is 14.9. The highest BCUT2D eigenvalue weighted by molar-refractivity contribution is 7.14. The number of amides is 1. The summed E-state index contributed by atoms with van der Waals surface area (Å²) >= 11 is 1.29. The van der Waals surface area contributed by atoms with E-state index in [4.69, 9.17) is 5.84 Å². The van der Waals surface area contributed by atoms with Crippen molar-refractivity contribution >= 4 is 17.2 Å². The van der Waals surface area contributed by atoms with Crippen molar-refractivity contribution in [2.45, 2.75) is 13.5 Å². The van der Waals surface area contributed by atoms with Gasteiger partial charge in [-0.25, -0.2) is 5.84 Å². The molecule has 0 aliphatic carbocycles. The van der Waals surface area contributed by atoms with Crippen molar-refractivity contribution in [2.24, 2.45) is 12.9 Å². The van der Waals surface area contributed by atoms with E-state index in [0.29, 0.717) is 4.88 Å². The Kier molecular flexibility index (Phi) is 3.86. The SMILES string of the molecule is Cc1sc(C(=O)NN)cc1Cn1ccn(C)c(=O)c1=O. The second kappa shape index (κ2) is 5.43. The van der Waals surface area contributed by atoms with Crippen molar-refractivity contribution in [3.63, 3.8) is 0 Å². The van der Waals surface area contributed by atoms with Crippen LogP contribution < -0.4 is 22.4 Å². The number of nitrogens with two attached hydrogens (primary N) is 1. The molecule has 8 heteroatoms. The summed E-state index contributed by atoms with van der Waals surface area (Å²) in [5.41, 5.74) is 1.70. The Bertz CT molecular complexity index is 772. The maximum atomic E-state index is 11.8. The van der Waals surface area contributed by atoms with E-state index in [1.165, 1.54) is 33.7 Å². The average molecular weight is 294 g/mol. The highest BCUT2D eigenvalue weighted by atomic mass is 32.1. The van der Waals surface area contributed by atoms with Gasteiger partial charge in [-0.15, -0.1) is 11.3 Å². The number of hydrogen-bond acceptors (Lipinski definition) is 5. The number of carbonyl (C=O) groups excluding carboxylic acids is 1. The minimum absolute atomic E-state index is 0.245. The molecule has 0 aliphatic rings. The van der Waals surface area contributed by atoms with Crippen LogP contribution in [0, 0.1) is 6.92 Å². The van der Waals surface area contributed by atoms with Gasteiger partial charge in [-0.1, -0.05) is 0 Å². The zero-order valence-corrected chi connectivity index (χ0v) is 11.9. The largest absolute Gasteiger partial charge is 0.316 e. The van der Waals surface area contributed by atoms with Crippen molar-refractivity contribution in [3.8, 4) is 0 Å². The smallest absolute Gasteiger partial charge is 0.312 e. The second-order valence-corrected chi connectivity index (χ2v) is 5.57. The Morgan fingerprint density at radius 2 is 2.05 bits per heavy atom. The molecule has 0 bridgehead atoms. The van der Waals surface area contributed by atoms with Gasteiger partial charge in [0.2, 0.25) is 0 Å². The molecule has 0 aromatic carbocycles. The first-order valence-electron chi connectivity index (χ1n) is 5.80. The van der Waals surface area contributed by atoms with E-state index in [-0.39, 0.29) is 12.5 Å². The van der Waals surface area contributed by atoms with Crippen LogP contribution in [0.25, 0.3) is 0 Å². The fourth-order valence-electron chi connectivity index (χ4n) is 1.76. The highest BCUT2D eigenvalue weighted by Gasteiger charge is 2.12. The summed E-state index contributed by atoms with van der Waals surface area (Å²) in [5.74, 6) is 4.71. The molecule has 2 aromatic heterocycles. The number of rotatable bonds is 3. The molecule has 0 saturated carbocycles. The third kappa shape index (κ3) is 2.56. The van der Waals surface area contributed by atoms with Crippen LogP contribution in [-0.2, 0) is 13.6 Å². The fourth-order valence-corrected chi connectivity index (χ4v) is 2.69. The molecule has 0 radical (unpaired) electrons. The third-order valence-corrected chi connectivity index (χ3v) is 4.04. The Labute approximate surface area is 118 Å². The van der Waals surface area contributed by atoms with Crippen LogP contribution in [0.5, 0.6) is 0 Å². The molecule has 0 unspecified atom stereocenters. The van der Waals surface area contributed by atoms with Crippen LogP contribution in [0.1, 0.15) is 20.1 Å². The van der Waals surface area contributed by atoms with E-state index in [9.17, 15) is 14.4 Å². The van der Waals surface area contributed by atoms with Gasteiger partial charge in [-0.05, 0) is 18.6 Å². The standard InChI is InChI=1S/C12H14N4O3S/c1-7-8(5-9(20-7)10(17)14-13)6-16-4-3-15(2)11(18)12(16)19/h3-5H,6,13H2,1-2H3,(H,14,17). The van der Waals surface area contributed by atoms with Gasteiger partial charge < -0.3 is 9.13 Å². The molecule has 0 aliphatic heterocycles. The van der Waals surface area contributed by atoms with Crippen molar-refractivity contribution in [1.82, 2.24) is 14.6 Å². The topological polar surface area (TPSA) is 99.1 Å². The zero-order valence-electron chi connectivity index (χ0n) is 11.0. The lowest BCUT2D eigenvalue weighted by Gasteiger charge is -2.05.